The van der Waals surface area contributed by atoms with Gasteiger partial charge in [0.25, 0.3) is 0 Å². The number of rotatable bonds is 6. The molecule has 1 unspecified atom stereocenters. The lowest BCUT2D eigenvalue weighted by atomic mass is 9.93. The van der Waals surface area contributed by atoms with E-state index in [0.717, 1.165) is 18.4 Å². The molecule has 1 saturated carbocycles. The lowest BCUT2D eigenvalue weighted by Gasteiger charge is -2.38. The summed E-state index contributed by atoms with van der Waals surface area (Å²) in [6.45, 7) is 2.50. The maximum absolute atomic E-state index is 14.5. The van der Waals surface area contributed by atoms with Crippen molar-refractivity contribution in [2.45, 2.75) is 37.5 Å². The fourth-order valence-corrected chi connectivity index (χ4v) is 4.52. The van der Waals surface area contributed by atoms with Gasteiger partial charge in [0.15, 0.2) is 10.9 Å². The van der Waals surface area contributed by atoms with E-state index < -0.39 is 6.04 Å². The molecule has 6 heteroatoms. The van der Waals surface area contributed by atoms with Crippen LogP contribution in [0.15, 0.2) is 35.9 Å². The Morgan fingerprint density at radius 1 is 1.35 bits per heavy atom. The molecule has 4 nitrogen and oxygen atoms in total. The first-order chi connectivity index (χ1) is 12.5. The first kappa shape index (κ1) is 19.3. The Balaban J connectivity index is 1.87. The van der Waals surface area contributed by atoms with Crippen LogP contribution in [0.1, 0.15) is 37.8 Å². The molecule has 26 heavy (non-hydrogen) atoms. The van der Waals surface area contributed by atoms with E-state index >= 15 is 0 Å². The summed E-state index contributed by atoms with van der Waals surface area (Å²) in [7, 11) is 0. The molecule has 0 radical (unpaired) electrons. The molecule has 1 aromatic carbocycles. The quantitative estimate of drug-likeness (QED) is 0.772. The number of carbonyl (C=O) groups excluding carboxylic acids is 2. The van der Waals surface area contributed by atoms with Crippen molar-refractivity contribution in [3.8, 4) is 0 Å². The van der Waals surface area contributed by atoms with Crippen LogP contribution in [0.25, 0.3) is 0 Å². The number of halogens is 1. The second-order valence-electron chi connectivity index (χ2n) is 6.92. The molecule has 1 heterocycles. The van der Waals surface area contributed by atoms with Crippen molar-refractivity contribution in [2.24, 2.45) is 5.92 Å². The predicted molar refractivity (Wildman–Crippen MR) is 100 cm³/mol. The molecule has 2 aliphatic rings. The molecule has 1 aliphatic heterocycles. The van der Waals surface area contributed by atoms with Crippen LogP contribution in [0.4, 0.5) is 4.39 Å². The Morgan fingerprint density at radius 2 is 2.08 bits per heavy atom. The van der Waals surface area contributed by atoms with E-state index in [9.17, 15) is 19.1 Å². The van der Waals surface area contributed by atoms with Gasteiger partial charge in [-0.05, 0) is 30.9 Å². The van der Waals surface area contributed by atoms with Crippen LogP contribution in [0, 0.1) is 11.7 Å². The smallest absolute Gasteiger partial charge is 0.186 e. The first-order valence-corrected chi connectivity index (χ1v) is 9.88. The van der Waals surface area contributed by atoms with E-state index in [0.29, 0.717) is 25.1 Å². The SMILES string of the molecule is CC(=O)S[C@H]1CCN(C(C(=O)C2CC2)c2ccccc2F)C/C1=C/CO. The monoisotopic (exact) mass is 377 g/mol. The Kier molecular flexibility index (Phi) is 6.27. The topological polar surface area (TPSA) is 57.6 Å². The van der Waals surface area contributed by atoms with Crippen molar-refractivity contribution in [3.05, 3.63) is 47.3 Å². The molecular weight excluding hydrogens is 353 g/mol. The fourth-order valence-electron chi connectivity index (χ4n) is 3.57. The van der Waals surface area contributed by atoms with Gasteiger partial charge in [0.1, 0.15) is 5.82 Å². The molecule has 1 aliphatic carbocycles. The first-order valence-electron chi connectivity index (χ1n) is 9.00. The molecule has 0 aromatic heterocycles. The Bertz CT molecular complexity index is 717. The number of carbonyl (C=O) groups is 2. The maximum Gasteiger partial charge on any atom is 0.186 e. The second kappa shape index (κ2) is 8.46. The molecule has 0 amide bonds. The molecule has 3 rings (SSSR count). The number of aliphatic hydroxyl groups is 1. The van der Waals surface area contributed by atoms with Gasteiger partial charge in [-0.25, -0.2) is 4.39 Å². The number of hydrogen-bond donors (Lipinski definition) is 1. The second-order valence-corrected chi connectivity index (χ2v) is 8.30. The fraction of sp³-hybridized carbons (Fsp3) is 0.500. The van der Waals surface area contributed by atoms with Crippen molar-refractivity contribution >= 4 is 22.7 Å². The predicted octanol–water partition coefficient (Wildman–Crippen LogP) is 3.12. The summed E-state index contributed by atoms with van der Waals surface area (Å²) >= 11 is 1.26. The van der Waals surface area contributed by atoms with Crippen LogP contribution in [-0.4, -0.2) is 45.9 Å². The van der Waals surface area contributed by atoms with Gasteiger partial charge in [0.2, 0.25) is 0 Å². The van der Waals surface area contributed by atoms with Crippen LogP contribution >= 0.6 is 11.8 Å². The van der Waals surface area contributed by atoms with Crippen molar-refractivity contribution < 1.29 is 19.1 Å². The number of Topliss-reactive ketones (excluding diaryl/α,β-unsaturated/α-hetero) is 1. The summed E-state index contributed by atoms with van der Waals surface area (Å²) in [5, 5.41) is 9.39. The average molecular weight is 377 g/mol. The average Bonchev–Trinajstić information content (AvgIpc) is 3.44. The zero-order valence-electron chi connectivity index (χ0n) is 14.9. The summed E-state index contributed by atoms with van der Waals surface area (Å²) in [5.41, 5.74) is 1.36. The number of hydrogen-bond acceptors (Lipinski definition) is 5. The maximum atomic E-state index is 14.5. The standard InChI is InChI=1S/C20H24FNO3S/c1-13(24)26-18-8-10-22(12-15(18)9-11-23)19(20(25)14-6-7-14)16-4-2-3-5-17(16)21/h2-5,9,14,18-19,23H,6-8,10-12H2,1H3/b15-9-/t18-,19?/m0/s1. The number of nitrogens with zero attached hydrogens (tertiary/aromatic N) is 1. The lowest BCUT2D eigenvalue weighted by molar-refractivity contribution is -0.126. The molecule has 2 atom stereocenters. The van der Waals surface area contributed by atoms with Gasteiger partial charge in [-0.3, -0.25) is 14.5 Å². The molecule has 0 spiro atoms. The van der Waals surface area contributed by atoms with Crippen molar-refractivity contribution in [3.63, 3.8) is 0 Å². The Morgan fingerprint density at radius 3 is 2.69 bits per heavy atom. The number of aliphatic hydroxyl groups excluding tert-OH is 1. The van der Waals surface area contributed by atoms with Crippen LogP contribution in [0.5, 0.6) is 0 Å². The van der Waals surface area contributed by atoms with E-state index in [1.165, 1.54) is 24.8 Å². The van der Waals surface area contributed by atoms with Crippen molar-refractivity contribution in [1.82, 2.24) is 4.90 Å². The van der Waals surface area contributed by atoms with Gasteiger partial charge in [-0.1, -0.05) is 36.0 Å². The molecule has 2 fully saturated rings. The zero-order chi connectivity index (χ0) is 18.7. The highest BCUT2D eigenvalue weighted by atomic mass is 32.2. The van der Waals surface area contributed by atoms with Crippen LogP contribution in [0.2, 0.25) is 0 Å². The molecule has 0 bridgehead atoms. The van der Waals surface area contributed by atoms with Crippen LogP contribution < -0.4 is 0 Å². The highest BCUT2D eigenvalue weighted by molar-refractivity contribution is 8.14. The van der Waals surface area contributed by atoms with Gasteiger partial charge >= 0.3 is 0 Å². The van der Waals surface area contributed by atoms with Crippen LogP contribution in [0.3, 0.4) is 0 Å². The molecule has 1 saturated heterocycles. The highest BCUT2D eigenvalue weighted by Gasteiger charge is 2.41. The number of likely N-dealkylation sites (tertiary alicyclic amines) is 1. The Hall–Kier alpha value is -1.50. The van der Waals surface area contributed by atoms with Gasteiger partial charge in [-0.2, -0.15) is 0 Å². The number of ketones is 1. The molecule has 1 N–H and O–H groups in total. The summed E-state index contributed by atoms with van der Waals surface area (Å²) in [5.74, 6) is -0.260. The van der Waals surface area contributed by atoms with E-state index in [-0.39, 0.29) is 34.5 Å². The van der Waals surface area contributed by atoms with E-state index in [2.05, 4.69) is 0 Å². The minimum Gasteiger partial charge on any atom is -0.392 e. The Labute approximate surface area is 157 Å². The number of piperidine rings is 1. The number of thioether (sulfide) groups is 1. The third-order valence-corrected chi connectivity index (χ3v) is 6.11. The minimum absolute atomic E-state index is 0.00759. The third kappa shape index (κ3) is 4.42. The van der Waals surface area contributed by atoms with Gasteiger partial charge in [-0.15, -0.1) is 0 Å². The van der Waals surface area contributed by atoms with Crippen molar-refractivity contribution in [1.29, 1.82) is 0 Å². The summed E-state index contributed by atoms with van der Waals surface area (Å²) in [6, 6.07) is 5.87. The van der Waals surface area contributed by atoms with Gasteiger partial charge < -0.3 is 5.11 Å². The van der Waals surface area contributed by atoms with E-state index in [4.69, 9.17) is 0 Å². The number of benzene rings is 1. The largest absolute Gasteiger partial charge is 0.392 e. The van der Waals surface area contributed by atoms with Crippen LogP contribution in [-0.2, 0) is 9.59 Å². The molecular formula is C20H24FNO3S. The van der Waals surface area contributed by atoms with Gasteiger partial charge in [0, 0.05) is 36.7 Å². The summed E-state index contributed by atoms with van der Waals surface area (Å²) < 4.78 is 14.5. The highest BCUT2D eigenvalue weighted by Crippen LogP contribution is 2.40. The van der Waals surface area contributed by atoms with Crippen molar-refractivity contribution in [2.75, 3.05) is 19.7 Å². The summed E-state index contributed by atoms with van der Waals surface area (Å²) in [6.07, 6.45) is 4.16. The van der Waals surface area contributed by atoms with E-state index in [1.807, 2.05) is 4.90 Å². The molecule has 1 aromatic rings. The molecule has 140 valence electrons. The minimum atomic E-state index is -0.603. The summed E-state index contributed by atoms with van der Waals surface area (Å²) in [4.78, 5) is 26.4. The lowest BCUT2D eigenvalue weighted by Crippen LogP contribution is -2.43. The van der Waals surface area contributed by atoms with E-state index in [1.54, 1.807) is 24.3 Å². The third-order valence-electron chi connectivity index (χ3n) is 4.95. The normalized spacial score (nSPS) is 23.8. The van der Waals surface area contributed by atoms with Gasteiger partial charge in [0.05, 0.1) is 12.6 Å². The zero-order valence-corrected chi connectivity index (χ0v) is 15.7.